The summed E-state index contributed by atoms with van der Waals surface area (Å²) in [6, 6.07) is 10.1. The van der Waals surface area contributed by atoms with E-state index in [1.165, 1.54) is 0 Å². The second kappa shape index (κ2) is 8.96. The highest BCUT2D eigenvalue weighted by Crippen LogP contribution is 2.41. The van der Waals surface area contributed by atoms with Crippen molar-refractivity contribution in [3.63, 3.8) is 0 Å². The maximum absolute atomic E-state index is 13.6. The molecule has 1 aliphatic heterocycles. The van der Waals surface area contributed by atoms with Gasteiger partial charge in [0.2, 0.25) is 5.76 Å². The topological polar surface area (TPSA) is 72.2 Å². The smallest absolute Gasteiger partial charge is 0.290 e. The Kier molecular flexibility index (Phi) is 6.26. The molecule has 1 unspecified atom stereocenters. The lowest BCUT2D eigenvalue weighted by atomic mass is 9.98. The van der Waals surface area contributed by atoms with Gasteiger partial charge in [0.1, 0.15) is 5.58 Å². The first-order chi connectivity index (χ1) is 15.3. The number of ether oxygens (including phenoxy) is 2. The molecule has 2 aromatic carbocycles. The SMILES string of the molecule is COc1ccc(C2c3c(oc4ccc(Br)cc4c3=O)C(=O)N2CCCN(C)C)cc1OC. The molecule has 1 aliphatic rings. The van der Waals surface area contributed by atoms with E-state index in [0.29, 0.717) is 34.6 Å². The second-order valence-electron chi connectivity index (χ2n) is 7.99. The van der Waals surface area contributed by atoms with Crippen molar-refractivity contribution < 1.29 is 18.7 Å². The summed E-state index contributed by atoms with van der Waals surface area (Å²) in [6.07, 6.45) is 0.760. The molecule has 1 atom stereocenters. The molecule has 0 saturated carbocycles. The number of hydrogen-bond acceptors (Lipinski definition) is 6. The van der Waals surface area contributed by atoms with Crippen LogP contribution < -0.4 is 14.9 Å². The largest absolute Gasteiger partial charge is 0.493 e. The summed E-state index contributed by atoms with van der Waals surface area (Å²) < 4.78 is 17.6. The van der Waals surface area contributed by atoms with E-state index in [1.54, 1.807) is 43.4 Å². The van der Waals surface area contributed by atoms with Gasteiger partial charge in [0.25, 0.3) is 5.91 Å². The van der Waals surface area contributed by atoms with Crippen molar-refractivity contribution in [1.29, 1.82) is 0 Å². The quantitative estimate of drug-likeness (QED) is 0.486. The Hall–Kier alpha value is -2.84. The fourth-order valence-electron chi connectivity index (χ4n) is 4.15. The van der Waals surface area contributed by atoms with Crippen LogP contribution in [0.5, 0.6) is 11.5 Å². The van der Waals surface area contributed by atoms with Crippen LogP contribution in [0.1, 0.15) is 34.1 Å². The van der Waals surface area contributed by atoms with Crippen LogP contribution in [0.2, 0.25) is 0 Å². The molecule has 0 spiro atoms. The number of carbonyl (C=O) groups excluding carboxylic acids is 1. The van der Waals surface area contributed by atoms with Crippen molar-refractivity contribution in [1.82, 2.24) is 9.80 Å². The van der Waals surface area contributed by atoms with Gasteiger partial charge < -0.3 is 23.7 Å². The molecule has 0 bridgehead atoms. The van der Waals surface area contributed by atoms with E-state index in [0.717, 1.165) is 23.0 Å². The molecule has 7 nitrogen and oxygen atoms in total. The van der Waals surface area contributed by atoms with Crippen LogP contribution in [0.25, 0.3) is 11.0 Å². The molecule has 0 aliphatic carbocycles. The summed E-state index contributed by atoms with van der Waals surface area (Å²) in [4.78, 5) is 30.8. The van der Waals surface area contributed by atoms with E-state index < -0.39 is 6.04 Å². The summed E-state index contributed by atoms with van der Waals surface area (Å²) in [7, 11) is 7.10. The average Bonchev–Trinajstić information content (AvgIpc) is 3.05. The summed E-state index contributed by atoms with van der Waals surface area (Å²) >= 11 is 3.42. The second-order valence-corrected chi connectivity index (χ2v) is 8.90. The predicted octanol–water partition coefficient (Wildman–Crippen LogP) is 4.07. The van der Waals surface area contributed by atoms with Crippen molar-refractivity contribution in [3.05, 3.63) is 68.0 Å². The van der Waals surface area contributed by atoms with Crippen LogP contribution in [0.3, 0.4) is 0 Å². The third kappa shape index (κ3) is 3.89. The number of benzene rings is 2. The third-order valence-corrected chi connectivity index (χ3v) is 6.15. The van der Waals surface area contributed by atoms with Crippen molar-refractivity contribution in [3.8, 4) is 11.5 Å². The minimum atomic E-state index is -0.570. The zero-order valence-corrected chi connectivity index (χ0v) is 20.1. The third-order valence-electron chi connectivity index (χ3n) is 5.66. The van der Waals surface area contributed by atoms with Crippen LogP contribution in [-0.4, -0.2) is 57.1 Å². The number of fused-ring (bicyclic) bond motifs is 2. The van der Waals surface area contributed by atoms with E-state index in [1.807, 2.05) is 26.2 Å². The fraction of sp³-hybridized carbons (Fsp3) is 0.333. The summed E-state index contributed by atoms with van der Waals surface area (Å²) in [6.45, 7) is 1.30. The molecule has 32 heavy (non-hydrogen) atoms. The van der Waals surface area contributed by atoms with Crippen molar-refractivity contribution in [2.75, 3.05) is 41.4 Å². The van der Waals surface area contributed by atoms with Crippen LogP contribution in [0.4, 0.5) is 0 Å². The molecule has 2 heterocycles. The van der Waals surface area contributed by atoms with Gasteiger partial charge in [0.05, 0.1) is 31.2 Å². The zero-order valence-electron chi connectivity index (χ0n) is 18.5. The maximum atomic E-state index is 13.6. The number of halogens is 1. The highest BCUT2D eigenvalue weighted by molar-refractivity contribution is 9.10. The molecule has 0 N–H and O–H groups in total. The van der Waals surface area contributed by atoms with Crippen LogP contribution in [0.15, 0.2) is 50.1 Å². The lowest BCUT2D eigenvalue weighted by molar-refractivity contribution is 0.0722. The predicted molar refractivity (Wildman–Crippen MR) is 126 cm³/mol. The number of methoxy groups -OCH3 is 2. The van der Waals surface area contributed by atoms with Gasteiger partial charge in [0, 0.05) is 11.0 Å². The van der Waals surface area contributed by atoms with Gasteiger partial charge >= 0.3 is 0 Å². The number of carbonyl (C=O) groups is 1. The molecule has 8 heteroatoms. The lowest BCUT2D eigenvalue weighted by Gasteiger charge is -2.26. The van der Waals surface area contributed by atoms with E-state index >= 15 is 0 Å². The first kappa shape index (κ1) is 22.4. The van der Waals surface area contributed by atoms with Crippen LogP contribution in [0, 0.1) is 0 Å². The summed E-state index contributed by atoms with van der Waals surface area (Å²) in [5.41, 5.74) is 1.32. The van der Waals surface area contributed by atoms with Gasteiger partial charge in [-0.25, -0.2) is 0 Å². The van der Waals surface area contributed by atoms with Gasteiger partial charge in [-0.2, -0.15) is 0 Å². The van der Waals surface area contributed by atoms with Gasteiger partial charge in [-0.3, -0.25) is 9.59 Å². The first-order valence-electron chi connectivity index (χ1n) is 10.3. The number of hydrogen-bond donors (Lipinski definition) is 0. The molecule has 168 valence electrons. The Labute approximate surface area is 194 Å². The highest BCUT2D eigenvalue weighted by atomic mass is 79.9. The molecule has 4 rings (SSSR count). The number of nitrogens with zero attached hydrogens (tertiary/aromatic N) is 2. The minimum Gasteiger partial charge on any atom is -0.493 e. The van der Waals surface area contributed by atoms with Gasteiger partial charge in [-0.05, 0) is 63.0 Å². The minimum absolute atomic E-state index is 0.106. The van der Waals surface area contributed by atoms with Crippen molar-refractivity contribution in [2.24, 2.45) is 0 Å². The highest BCUT2D eigenvalue weighted by Gasteiger charge is 2.42. The van der Waals surface area contributed by atoms with Crippen LogP contribution >= 0.6 is 15.9 Å². The van der Waals surface area contributed by atoms with E-state index in [-0.39, 0.29) is 17.1 Å². The Morgan fingerprint density at radius 1 is 1.06 bits per heavy atom. The maximum Gasteiger partial charge on any atom is 0.290 e. The fourth-order valence-corrected chi connectivity index (χ4v) is 4.51. The number of amides is 1. The standard InChI is InChI=1S/C24H25BrN2O5/c1-26(2)10-5-11-27-21(14-6-8-18(30-3)19(12-14)31-4)20-22(28)16-13-15(25)7-9-17(16)32-23(20)24(27)29/h6-9,12-13,21H,5,10-11H2,1-4H3. The van der Waals surface area contributed by atoms with Crippen LogP contribution in [-0.2, 0) is 0 Å². The average molecular weight is 501 g/mol. The number of rotatable bonds is 7. The Morgan fingerprint density at radius 2 is 1.81 bits per heavy atom. The first-order valence-corrected chi connectivity index (χ1v) is 11.1. The van der Waals surface area contributed by atoms with Crippen molar-refractivity contribution >= 4 is 32.8 Å². The molecular formula is C24H25BrN2O5. The van der Waals surface area contributed by atoms with E-state index in [2.05, 4.69) is 20.8 Å². The lowest BCUT2D eigenvalue weighted by Crippen LogP contribution is -2.32. The molecule has 0 fully saturated rings. The molecule has 0 radical (unpaired) electrons. The Bertz CT molecular complexity index is 1240. The summed E-state index contributed by atoms with van der Waals surface area (Å²) in [5, 5.41) is 0.437. The molecule has 1 amide bonds. The molecule has 3 aromatic rings. The Morgan fingerprint density at radius 3 is 2.50 bits per heavy atom. The van der Waals surface area contributed by atoms with E-state index in [4.69, 9.17) is 13.9 Å². The normalized spacial score (nSPS) is 15.5. The Balaban J connectivity index is 1.90. The van der Waals surface area contributed by atoms with Gasteiger partial charge in [-0.1, -0.05) is 22.0 Å². The van der Waals surface area contributed by atoms with E-state index in [9.17, 15) is 9.59 Å². The molecular weight excluding hydrogens is 476 g/mol. The zero-order chi connectivity index (χ0) is 23.0. The van der Waals surface area contributed by atoms with Gasteiger partial charge in [0.15, 0.2) is 16.9 Å². The van der Waals surface area contributed by atoms with Gasteiger partial charge in [-0.15, -0.1) is 0 Å². The van der Waals surface area contributed by atoms with Crippen molar-refractivity contribution in [2.45, 2.75) is 12.5 Å². The molecule has 0 saturated heterocycles. The monoisotopic (exact) mass is 500 g/mol. The summed E-state index contributed by atoms with van der Waals surface area (Å²) in [5.74, 6) is 0.941. The molecule has 1 aromatic heterocycles.